The molecule has 0 atom stereocenters. The van der Waals surface area contributed by atoms with Crippen molar-refractivity contribution in [1.82, 2.24) is 10.3 Å². The first kappa shape index (κ1) is 20.4. The standard InChI is InChI=1S/C27H25N3O/c28-27(31)25(24-13-12-21-10-4-5-11-23(21)19-24)26(22-14-17-29-18-15-22)30-16-6-9-20-7-2-1-3-8-20/h1-5,7-8,10-15,17-19,30H,6,9,16H2,(H2,28,31). The van der Waals surface area contributed by atoms with Crippen molar-refractivity contribution in [2.75, 3.05) is 6.54 Å². The number of carbonyl (C=O) groups excluding carboxylic acids is 1. The number of nitrogens with zero attached hydrogens (tertiary/aromatic N) is 1. The van der Waals surface area contributed by atoms with Gasteiger partial charge in [-0.2, -0.15) is 0 Å². The maximum atomic E-state index is 12.6. The van der Waals surface area contributed by atoms with Crippen LogP contribution >= 0.6 is 0 Å². The van der Waals surface area contributed by atoms with Gasteiger partial charge in [0.05, 0.1) is 11.3 Å². The average Bonchev–Trinajstić information content (AvgIpc) is 2.82. The smallest absolute Gasteiger partial charge is 0.251 e. The fourth-order valence-electron chi connectivity index (χ4n) is 3.76. The zero-order chi connectivity index (χ0) is 21.5. The molecule has 0 unspecified atom stereocenters. The maximum Gasteiger partial charge on any atom is 0.251 e. The van der Waals surface area contributed by atoms with Crippen LogP contribution in [0.3, 0.4) is 0 Å². The predicted molar refractivity (Wildman–Crippen MR) is 127 cm³/mol. The number of carbonyl (C=O) groups is 1. The molecule has 3 N–H and O–H groups in total. The molecule has 1 amide bonds. The van der Waals surface area contributed by atoms with E-state index in [0.717, 1.165) is 47.0 Å². The molecule has 0 aliphatic rings. The molecule has 0 spiro atoms. The fourth-order valence-corrected chi connectivity index (χ4v) is 3.76. The van der Waals surface area contributed by atoms with E-state index in [2.05, 4.69) is 40.6 Å². The van der Waals surface area contributed by atoms with Crippen molar-refractivity contribution in [2.24, 2.45) is 5.73 Å². The Morgan fingerprint density at radius 2 is 1.52 bits per heavy atom. The summed E-state index contributed by atoms with van der Waals surface area (Å²) in [5.74, 6) is -0.461. The Morgan fingerprint density at radius 1 is 0.806 bits per heavy atom. The predicted octanol–water partition coefficient (Wildman–Crippen LogP) is 4.81. The van der Waals surface area contributed by atoms with E-state index in [1.54, 1.807) is 12.4 Å². The van der Waals surface area contributed by atoms with Crippen LogP contribution in [0.1, 0.15) is 23.1 Å². The van der Waals surface area contributed by atoms with E-state index in [9.17, 15) is 4.79 Å². The molecule has 0 saturated carbocycles. The van der Waals surface area contributed by atoms with Gasteiger partial charge in [0.15, 0.2) is 0 Å². The quantitative estimate of drug-likeness (QED) is 0.325. The van der Waals surface area contributed by atoms with E-state index in [4.69, 9.17) is 5.73 Å². The van der Waals surface area contributed by atoms with Crippen LogP contribution in [0, 0.1) is 0 Å². The van der Waals surface area contributed by atoms with Gasteiger partial charge in [-0.05, 0) is 52.9 Å². The van der Waals surface area contributed by atoms with Crippen LogP contribution in [0.4, 0.5) is 0 Å². The van der Waals surface area contributed by atoms with Crippen molar-refractivity contribution in [2.45, 2.75) is 12.8 Å². The Balaban J connectivity index is 1.68. The number of hydrogen-bond donors (Lipinski definition) is 2. The summed E-state index contributed by atoms with van der Waals surface area (Å²) in [5, 5.41) is 5.67. The van der Waals surface area contributed by atoms with Crippen molar-refractivity contribution < 1.29 is 4.79 Å². The Morgan fingerprint density at radius 3 is 2.26 bits per heavy atom. The average molecular weight is 408 g/mol. The SMILES string of the molecule is NC(=O)C(=C(NCCCc1ccccc1)c1ccncc1)c1ccc2ccccc2c1. The van der Waals surface area contributed by atoms with Crippen molar-refractivity contribution in [3.8, 4) is 0 Å². The van der Waals surface area contributed by atoms with Crippen molar-refractivity contribution in [3.63, 3.8) is 0 Å². The number of nitrogens with two attached hydrogens (primary N) is 1. The molecule has 3 aromatic carbocycles. The molecular formula is C27H25N3O. The molecule has 1 heterocycles. The molecule has 0 saturated heterocycles. The van der Waals surface area contributed by atoms with Gasteiger partial charge in [-0.1, -0.05) is 66.7 Å². The third kappa shape index (κ3) is 4.98. The van der Waals surface area contributed by atoms with Crippen LogP contribution in [0.25, 0.3) is 22.0 Å². The molecule has 0 radical (unpaired) electrons. The number of primary amides is 1. The minimum Gasteiger partial charge on any atom is -0.384 e. The first-order valence-corrected chi connectivity index (χ1v) is 10.4. The zero-order valence-corrected chi connectivity index (χ0v) is 17.3. The van der Waals surface area contributed by atoms with Gasteiger partial charge < -0.3 is 11.1 Å². The van der Waals surface area contributed by atoms with E-state index in [0.29, 0.717) is 5.57 Å². The van der Waals surface area contributed by atoms with Crippen molar-refractivity contribution in [3.05, 3.63) is 114 Å². The van der Waals surface area contributed by atoms with E-state index >= 15 is 0 Å². The third-order valence-electron chi connectivity index (χ3n) is 5.29. The van der Waals surface area contributed by atoms with Crippen molar-refractivity contribution >= 4 is 27.9 Å². The minimum atomic E-state index is -0.461. The molecule has 31 heavy (non-hydrogen) atoms. The number of rotatable bonds is 8. The topological polar surface area (TPSA) is 68.0 Å². The van der Waals surface area contributed by atoms with Crippen LogP contribution in [0.15, 0.2) is 97.3 Å². The number of aromatic nitrogens is 1. The summed E-state index contributed by atoms with van der Waals surface area (Å²) in [4.78, 5) is 16.7. The van der Waals surface area contributed by atoms with Gasteiger partial charge in [0, 0.05) is 24.5 Å². The second kappa shape index (κ2) is 9.72. The number of amides is 1. The van der Waals surface area contributed by atoms with Crippen LogP contribution in [-0.4, -0.2) is 17.4 Å². The Labute approximate surface area is 182 Å². The Bertz CT molecular complexity index is 1200. The first-order valence-electron chi connectivity index (χ1n) is 10.4. The molecule has 4 aromatic rings. The van der Waals surface area contributed by atoms with Gasteiger partial charge in [0.2, 0.25) is 0 Å². The van der Waals surface area contributed by atoms with E-state index in [-0.39, 0.29) is 0 Å². The number of hydrogen-bond acceptors (Lipinski definition) is 3. The van der Waals surface area contributed by atoms with Crippen LogP contribution in [0.5, 0.6) is 0 Å². The molecule has 0 aliphatic carbocycles. The number of fused-ring (bicyclic) bond motifs is 1. The molecule has 1 aromatic heterocycles. The number of nitrogens with one attached hydrogen (secondary N) is 1. The lowest BCUT2D eigenvalue weighted by Crippen LogP contribution is -2.22. The monoisotopic (exact) mass is 407 g/mol. The molecule has 4 heteroatoms. The van der Waals surface area contributed by atoms with Crippen LogP contribution < -0.4 is 11.1 Å². The molecule has 154 valence electrons. The van der Waals surface area contributed by atoms with Gasteiger partial charge in [-0.25, -0.2) is 0 Å². The second-order valence-corrected chi connectivity index (χ2v) is 7.43. The van der Waals surface area contributed by atoms with Crippen molar-refractivity contribution in [1.29, 1.82) is 0 Å². The Hall–Kier alpha value is -3.92. The van der Waals surface area contributed by atoms with Crippen LogP contribution in [-0.2, 0) is 11.2 Å². The Kier molecular flexibility index (Phi) is 6.38. The molecule has 4 nitrogen and oxygen atoms in total. The summed E-state index contributed by atoms with van der Waals surface area (Å²) in [6.07, 6.45) is 5.33. The maximum absolute atomic E-state index is 12.6. The summed E-state index contributed by atoms with van der Waals surface area (Å²) in [6, 6.07) is 28.2. The highest BCUT2D eigenvalue weighted by Crippen LogP contribution is 2.27. The van der Waals surface area contributed by atoms with Gasteiger partial charge >= 0.3 is 0 Å². The number of pyridine rings is 1. The summed E-state index contributed by atoms with van der Waals surface area (Å²) in [6.45, 7) is 0.719. The van der Waals surface area contributed by atoms with Crippen LogP contribution in [0.2, 0.25) is 0 Å². The van der Waals surface area contributed by atoms with Gasteiger partial charge in [-0.15, -0.1) is 0 Å². The highest BCUT2D eigenvalue weighted by molar-refractivity contribution is 6.26. The lowest BCUT2D eigenvalue weighted by Gasteiger charge is -2.17. The fraction of sp³-hybridized carbons (Fsp3) is 0.111. The molecule has 0 bridgehead atoms. The van der Waals surface area contributed by atoms with Gasteiger partial charge in [-0.3, -0.25) is 9.78 Å². The summed E-state index contributed by atoms with van der Waals surface area (Å²) < 4.78 is 0. The highest BCUT2D eigenvalue weighted by atomic mass is 16.1. The first-order chi connectivity index (χ1) is 15.2. The molecular weight excluding hydrogens is 382 g/mol. The minimum absolute atomic E-state index is 0.461. The highest BCUT2D eigenvalue weighted by Gasteiger charge is 2.17. The summed E-state index contributed by atoms with van der Waals surface area (Å²) in [7, 11) is 0. The normalized spacial score (nSPS) is 11.7. The largest absolute Gasteiger partial charge is 0.384 e. The van der Waals surface area contributed by atoms with Gasteiger partial charge in [0.25, 0.3) is 5.91 Å². The number of aryl methyl sites for hydroxylation is 1. The summed E-state index contributed by atoms with van der Waals surface area (Å²) in [5.41, 5.74) is 10.1. The van der Waals surface area contributed by atoms with E-state index in [1.165, 1.54) is 5.56 Å². The lowest BCUT2D eigenvalue weighted by atomic mass is 9.96. The molecule has 0 aliphatic heterocycles. The molecule has 4 rings (SSSR count). The van der Waals surface area contributed by atoms with Gasteiger partial charge in [0.1, 0.15) is 0 Å². The number of benzene rings is 3. The summed E-state index contributed by atoms with van der Waals surface area (Å²) >= 11 is 0. The van der Waals surface area contributed by atoms with E-state index < -0.39 is 5.91 Å². The van der Waals surface area contributed by atoms with E-state index in [1.807, 2.05) is 54.6 Å². The third-order valence-corrected chi connectivity index (χ3v) is 5.29. The zero-order valence-electron chi connectivity index (χ0n) is 17.3. The molecule has 0 fully saturated rings. The lowest BCUT2D eigenvalue weighted by molar-refractivity contribution is -0.112. The second-order valence-electron chi connectivity index (χ2n) is 7.43.